The molecule has 0 spiro atoms. The van der Waals surface area contributed by atoms with E-state index in [0.717, 1.165) is 0 Å². The summed E-state index contributed by atoms with van der Waals surface area (Å²) in [5.41, 5.74) is 2.74. The highest BCUT2D eigenvalue weighted by Gasteiger charge is 2.40. The van der Waals surface area contributed by atoms with E-state index in [2.05, 4.69) is 23.5 Å². The summed E-state index contributed by atoms with van der Waals surface area (Å²) >= 11 is 0. The minimum absolute atomic E-state index is 0.135. The zero-order valence-electron chi connectivity index (χ0n) is 11.8. The van der Waals surface area contributed by atoms with Crippen LogP contribution in [0.5, 0.6) is 0 Å². The molecule has 1 aliphatic rings. The van der Waals surface area contributed by atoms with Gasteiger partial charge in [-0.3, -0.25) is 4.79 Å². The second kappa shape index (κ2) is 9.07. The van der Waals surface area contributed by atoms with Crippen molar-refractivity contribution in [3.05, 3.63) is 17.9 Å². The summed E-state index contributed by atoms with van der Waals surface area (Å²) in [6, 6.07) is 0. The molecule has 1 unspecified atom stereocenters. The molecule has 0 amide bonds. The number of ether oxygens (including phenoxy) is 1. The minimum Gasteiger partial charge on any atom is -0.481 e. The third kappa shape index (κ3) is 5.38. The number of carboxylic acids is 1. The van der Waals surface area contributed by atoms with Crippen molar-refractivity contribution in [2.24, 2.45) is 5.92 Å². The van der Waals surface area contributed by atoms with Crippen molar-refractivity contribution in [1.82, 2.24) is 0 Å². The van der Waals surface area contributed by atoms with Crippen LogP contribution in [0.1, 0.15) is 12.8 Å². The molecule has 1 saturated heterocycles. The van der Waals surface area contributed by atoms with Gasteiger partial charge in [0.15, 0.2) is 0 Å². The number of aliphatic hydroxyl groups excluding tert-OH is 3. The number of hydrogen-bond donors (Lipinski definition) is 4. The molecule has 0 aromatic carbocycles. The number of hydrogen-bond acceptors (Lipinski definition) is 5. The number of aliphatic hydroxyl groups is 3. The lowest BCUT2D eigenvalue weighted by Crippen LogP contribution is -2.55. The van der Waals surface area contributed by atoms with E-state index in [1.165, 1.54) is 12.2 Å². The SMILES string of the molecule is C#CC#CC=C=CC(CCC(=O)O)[C@@H]1OC[C@@H](O)[C@H](O)[C@H]1O. The predicted octanol–water partition coefficient (Wildman–Crippen LogP) is -0.703. The molecule has 1 heterocycles. The van der Waals surface area contributed by atoms with Crippen LogP contribution in [0.2, 0.25) is 0 Å². The topological polar surface area (TPSA) is 107 Å². The first-order chi connectivity index (χ1) is 10.5. The Morgan fingerprint density at radius 3 is 2.73 bits per heavy atom. The van der Waals surface area contributed by atoms with Gasteiger partial charge in [0.1, 0.15) is 18.3 Å². The maximum absolute atomic E-state index is 10.7. The van der Waals surface area contributed by atoms with Gasteiger partial charge in [-0.15, -0.1) is 12.2 Å². The van der Waals surface area contributed by atoms with Gasteiger partial charge in [0, 0.05) is 18.4 Å². The molecule has 0 bridgehead atoms. The monoisotopic (exact) mass is 306 g/mol. The molecule has 0 aromatic heterocycles. The largest absolute Gasteiger partial charge is 0.481 e. The Balaban J connectivity index is 2.87. The lowest BCUT2D eigenvalue weighted by Gasteiger charge is -2.38. The molecule has 0 saturated carbocycles. The number of carbonyl (C=O) groups is 1. The van der Waals surface area contributed by atoms with Crippen LogP contribution in [0.3, 0.4) is 0 Å². The fourth-order valence-electron chi connectivity index (χ4n) is 2.13. The Kier molecular flexibility index (Phi) is 7.42. The van der Waals surface area contributed by atoms with Gasteiger partial charge in [-0.1, -0.05) is 5.92 Å². The smallest absolute Gasteiger partial charge is 0.303 e. The highest BCUT2D eigenvalue weighted by Crippen LogP contribution is 2.25. The molecule has 1 rings (SSSR count). The normalized spacial score (nSPS) is 28.3. The maximum atomic E-state index is 10.7. The lowest BCUT2D eigenvalue weighted by atomic mass is 9.87. The van der Waals surface area contributed by atoms with Crippen molar-refractivity contribution in [3.63, 3.8) is 0 Å². The number of aliphatic carboxylic acids is 1. The van der Waals surface area contributed by atoms with E-state index in [0.29, 0.717) is 0 Å². The van der Waals surface area contributed by atoms with Crippen LogP contribution < -0.4 is 0 Å². The van der Waals surface area contributed by atoms with Crippen LogP contribution in [0, 0.1) is 30.1 Å². The van der Waals surface area contributed by atoms with Crippen LogP contribution in [0.25, 0.3) is 0 Å². The summed E-state index contributed by atoms with van der Waals surface area (Å²) in [4.78, 5) is 10.7. The Bertz CT molecular complexity index is 543. The predicted molar refractivity (Wildman–Crippen MR) is 77.4 cm³/mol. The minimum atomic E-state index is -1.34. The quantitative estimate of drug-likeness (QED) is 0.395. The van der Waals surface area contributed by atoms with E-state index in [1.54, 1.807) is 0 Å². The Labute approximate surface area is 128 Å². The molecular weight excluding hydrogens is 288 g/mol. The van der Waals surface area contributed by atoms with Crippen LogP contribution in [-0.2, 0) is 9.53 Å². The Morgan fingerprint density at radius 1 is 1.36 bits per heavy atom. The van der Waals surface area contributed by atoms with Gasteiger partial charge in [0.2, 0.25) is 0 Å². The molecule has 0 radical (unpaired) electrons. The third-order valence-corrected chi connectivity index (χ3v) is 3.26. The van der Waals surface area contributed by atoms with E-state index in [4.69, 9.17) is 16.3 Å². The molecular formula is C16H18O6. The van der Waals surface area contributed by atoms with E-state index in [1.807, 2.05) is 0 Å². The van der Waals surface area contributed by atoms with Crippen molar-refractivity contribution in [2.75, 3.05) is 6.61 Å². The van der Waals surface area contributed by atoms with Crippen LogP contribution >= 0.6 is 0 Å². The summed E-state index contributed by atoms with van der Waals surface area (Å²) in [6.07, 6.45) is 3.23. The molecule has 1 aliphatic heterocycles. The molecule has 22 heavy (non-hydrogen) atoms. The summed E-state index contributed by atoms with van der Waals surface area (Å²) in [7, 11) is 0. The lowest BCUT2D eigenvalue weighted by molar-refractivity contribution is -0.197. The van der Waals surface area contributed by atoms with E-state index < -0.39 is 36.3 Å². The van der Waals surface area contributed by atoms with Gasteiger partial charge in [-0.05, 0) is 24.3 Å². The molecule has 6 nitrogen and oxygen atoms in total. The van der Waals surface area contributed by atoms with Crippen molar-refractivity contribution >= 4 is 5.97 Å². The summed E-state index contributed by atoms with van der Waals surface area (Å²) in [6.45, 7) is -0.138. The first-order valence-electron chi connectivity index (χ1n) is 6.72. The second-order valence-electron chi connectivity index (χ2n) is 4.83. The Morgan fingerprint density at radius 2 is 2.09 bits per heavy atom. The molecule has 5 atom stereocenters. The number of carboxylic acid groups (broad SMARTS) is 1. The zero-order valence-corrected chi connectivity index (χ0v) is 11.8. The van der Waals surface area contributed by atoms with Gasteiger partial charge in [0.25, 0.3) is 0 Å². The number of terminal acetylenes is 1. The first-order valence-corrected chi connectivity index (χ1v) is 6.72. The molecule has 1 fully saturated rings. The molecule has 0 aliphatic carbocycles. The second-order valence-corrected chi connectivity index (χ2v) is 4.83. The fraction of sp³-hybridized carbons (Fsp3) is 0.500. The number of rotatable bonds is 5. The molecule has 118 valence electrons. The van der Waals surface area contributed by atoms with E-state index in [-0.39, 0.29) is 19.4 Å². The van der Waals surface area contributed by atoms with Gasteiger partial charge in [-0.2, -0.15) is 0 Å². The zero-order chi connectivity index (χ0) is 16.5. The van der Waals surface area contributed by atoms with E-state index >= 15 is 0 Å². The molecule has 0 aromatic rings. The van der Waals surface area contributed by atoms with Gasteiger partial charge in [-0.25, -0.2) is 0 Å². The third-order valence-electron chi connectivity index (χ3n) is 3.26. The van der Waals surface area contributed by atoms with Crippen LogP contribution in [-0.4, -0.2) is 57.4 Å². The van der Waals surface area contributed by atoms with Crippen molar-refractivity contribution in [1.29, 1.82) is 0 Å². The van der Waals surface area contributed by atoms with Gasteiger partial charge in [0.05, 0.1) is 12.7 Å². The maximum Gasteiger partial charge on any atom is 0.303 e. The summed E-state index contributed by atoms with van der Waals surface area (Å²) < 4.78 is 5.34. The molecule has 4 N–H and O–H groups in total. The summed E-state index contributed by atoms with van der Waals surface area (Å²) in [5.74, 6) is 5.53. The van der Waals surface area contributed by atoms with Gasteiger partial charge < -0.3 is 25.2 Å². The highest BCUT2D eigenvalue weighted by atomic mass is 16.5. The highest BCUT2D eigenvalue weighted by molar-refractivity contribution is 5.66. The van der Waals surface area contributed by atoms with Crippen molar-refractivity contribution in [2.45, 2.75) is 37.3 Å². The van der Waals surface area contributed by atoms with Gasteiger partial charge >= 0.3 is 5.97 Å². The average molecular weight is 306 g/mol. The Hall–Kier alpha value is -2.05. The van der Waals surface area contributed by atoms with E-state index in [9.17, 15) is 20.1 Å². The van der Waals surface area contributed by atoms with Crippen molar-refractivity contribution < 1.29 is 30.0 Å². The van der Waals surface area contributed by atoms with Crippen LogP contribution in [0.15, 0.2) is 17.9 Å². The first kappa shape index (κ1) is 18.0. The standard InChI is InChI=1S/C16H18O6/c1-2-3-4-5-6-7-11(8-9-13(18)19)16-15(21)14(20)12(17)10-22-16/h1,5,7,11-12,14-17,20-21H,8-10H2,(H,18,19)/t6?,11?,12-,14+,15-,16+/m1/s1. The summed E-state index contributed by atoms with van der Waals surface area (Å²) in [5, 5.41) is 37.9. The average Bonchev–Trinajstić information content (AvgIpc) is 2.48. The fourth-order valence-corrected chi connectivity index (χ4v) is 2.13. The van der Waals surface area contributed by atoms with Crippen molar-refractivity contribution in [3.8, 4) is 24.2 Å². The molecule has 6 heteroatoms. The van der Waals surface area contributed by atoms with Crippen LogP contribution in [0.4, 0.5) is 0 Å².